The van der Waals surface area contributed by atoms with Gasteiger partial charge in [0.15, 0.2) is 0 Å². The molecule has 0 atom stereocenters. The molecule has 0 aliphatic heterocycles. The average molecular weight is 398 g/mol. The van der Waals surface area contributed by atoms with Crippen LogP contribution in [0.1, 0.15) is 23.6 Å². The second kappa shape index (κ2) is 10.7. The molecule has 2 aromatic rings. The molecule has 0 bridgehead atoms. The van der Waals surface area contributed by atoms with Crippen LogP contribution in [0.25, 0.3) is 0 Å². The van der Waals surface area contributed by atoms with Gasteiger partial charge in [-0.25, -0.2) is 0 Å². The highest BCUT2D eigenvalue weighted by Gasteiger charge is 2.07. The van der Waals surface area contributed by atoms with Crippen molar-refractivity contribution in [1.29, 1.82) is 0 Å². The van der Waals surface area contributed by atoms with Crippen LogP contribution in [-0.2, 0) is 28.4 Å². The number of hydrogen-bond acceptors (Lipinski definition) is 3. The fourth-order valence-electron chi connectivity index (χ4n) is 2.22. The number of carbonyl (C=O) groups is 1. The largest absolute Gasteiger partial charge is 0.377 e. The number of amides is 1. The Morgan fingerprint density at radius 1 is 1.12 bits per heavy atom. The SMILES string of the molecule is CCOCc1ccccc1CNC(=O)CSCc1ccc(Cl)cc1Cl. The maximum Gasteiger partial charge on any atom is 0.230 e. The van der Waals surface area contributed by atoms with Gasteiger partial charge in [0.1, 0.15) is 0 Å². The molecule has 0 unspecified atom stereocenters. The molecule has 0 saturated carbocycles. The maximum atomic E-state index is 12.1. The van der Waals surface area contributed by atoms with E-state index in [0.717, 1.165) is 16.7 Å². The van der Waals surface area contributed by atoms with E-state index >= 15 is 0 Å². The Morgan fingerprint density at radius 2 is 1.88 bits per heavy atom. The van der Waals surface area contributed by atoms with Crippen LogP contribution in [0.5, 0.6) is 0 Å². The predicted octanol–water partition coefficient (Wildman–Crippen LogP) is 5.08. The van der Waals surface area contributed by atoms with Crippen molar-refractivity contribution in [3.8, 4) is 0 Å². The van der Waals surface area contributed by atoms with Crippen molar-refractivity contribution in [2.75, 3.05) is 12.4 Å². The zero-order valence-electron chi connectivity index (χ0n) is 14.1. The van der Waals surface area contributed by atoms with Gasteiger partial charge in [0.05, 0.1) is 12.4 Å². The zero-order chi connectivity index (χ0) is 18.1. The highest BCUT2D eigenvalue weighted by molar-refractivity contribution is 7.99. The van der Waals surface area contributed by atoms with E-state index in [4.69, 9.17) is 27.9 Å². The molecule has 2 aromatic carbocycles. The summed E-state index contributed by atoms with van der Waals surface area (Å²) in [5, 5.41) is 4.20. The van der Waals surface area contributed by atoms with Gasteiger partial charge >= 0.3 is 0 Å². The third-order valence-electron chi connectivity index (χ3n) is 3.56. The second-order valence-corrected chi connectivity index (χ2v) is 7.24. The monoisotopic (exact) mass is 397 g/mol. The third kappa shape index (κ3) is 6.90. The van der Waals surface area contributed by atoms with Gasteiger partial charge in [0, 0.05) is 28.9 Å². The summed E-state index contributed by atoms with van der Waals surface area (Å²) in [5.41, 5.74) is 3.16. The Labute approximate surface area is 163 Å². The molecule has 0 radical (unpaired) electrons. The number of benzene rings is 2. The van der Waals surface area contributed by atoms with Gasteiger partial charge < -0.3 is 10.1 Å². The minimum Gasteiger partial charge on any atom is -0.377 e. The van der Waals surface area contributed by atoms with E-state index in [1.165, 1.54) is 11.8 Å². The average Bonchev–Trinajstić information content (AvgIpc) is 2.60. The van der Waals surface area contributed by atoms with Gasteiger partial charge in [0.2, 0.25) is 5.91 Å². The van der Waals surface area contributed by atoms with Crippen molar-refractivity contribution in [2.24, 2.45) is 0 Å². The van der Waals surface area contributed by atoms with Crippen molar-refractivity contribution in [3.63, 3.8) is 0 Å². The summed E-state index contributed by atoms with van der Waals surface area (Å²) in [7, 11) is 0. The molecule has 0 saturated heterocycles. The first-order chi connectivity index (χ1) is 12.1. The smallest absolute Gasteiger partial charge is 0.230 e. The summed E-state index contributed by atoms with van der Waals surface area (Å²) < 4.78 is 5.46. The molecule has 1 N–H and O–H groups in total. The normalized spacial score (nSPS) is 10.7. The van der Waals surface area contributed by atoms with E-state index < -0.39 is 0 Å². The lowest BCUT2D eigenvalue weighted by Gasteiger charge is -2.11. The lowest BCUT2D eigenvalue weighted by molar-refractivity contribution is -0.118. The standard InChI is InChI=1S/C19H21Cl2NO2S/c1-2-24-11-15-6-4-3-5-14(15)10-22-19(23)13-25-12-16-7-8-17(20)9-18(16)21/h3-9H,2,10-13H2,1H3,(H,22,23). The molecule has 1 amide bonds. The van der Waals surface area contributed by atoms with Crippen LogP contribution < -0.4 is 5.32 Å². The minimum atomic E-state index is 0.00120. The van der Waals surface area contributed by atoms with E-state index in [1.54, 1.807) is 12.1 Å². The number of hydrogen-bond donors (Lipinski definition) is 1. The Kier molecular flexibility index (Phi) is 8.62. The van der Waals surface area contributed by atoms with Crippen molar-refractivity contribution in [2.45, 2.75) is 25.8 Å². The van der Waals surface area contributed by atoms with Gasteiger partial charge in [-0.1, -0.05) is 53.5 Å². The van der Waals surface area contributed by atoms with Gasteiger partial charge in [0.25, 0.3) is 0 Å². The first kappa shape index (κ1) is 20.1. The van der Waals surface area contributed by atoms with Crippen LogP contribution >= 0.6 is 35.0 Å². The summed E-state index contributed by atoms with van der Waals surface area (Å²) in [4.78, 5) is 12.1. The predicted molar refractivity (Wildman–Crippen MR) is 106 cm³/mol. The van der Waals surface area contributed by atoms with Crippen LogP contribution in [0, 0.1) is 0 Å². The van der Waals surface area contributed by atoms with E-state index in [1.807, 2.05) is 37.3 Å². The lowest BCUT2D eigenvalue weighted by atomic mass is 10.1. The van der Waals surface area contributed by atoms with E-state index in [0.29, 0.717) is 41.3 Å². The number of nitrogens with one attached hydrogen (secondary N) is 1. The molecule has 0 spiro atoms. The summed E-state index contributed by atoms with van der Waals surface area (Å²) in [6, 6.07) is 13.4. The lowest BCUT2D eigenvalue weighted by Crippen LogP contribution is -2.25. The first-order valence-corrected chi connectivity index (χ1v) is 9.94. The first-order valence-electron chi connectivity index (χ1n) is 8.03. The van der Waals surface area contributed by atoms with Crippen LogP contribution in [0.4, 0.5) is 0 Å². The number of halogens is 2. The fraction of sp³-hybridized carbons (Fsp3) is 0.316. The van der Waals surface area contributed by atoms with E-state index in [-0.39, 0.29) is 5.91 Å². The number of carbonyl (C=O) groups excluding carboxylic acids is 1. The molecular formula is C19H21Cl2NO2S. The fourth-order valence-corrected chi connectivity index (χ4v) is 3.64. The van der Waals surface area contributed by atoms with Crippen LogP contribution in [0.3, 0.4) is 0 Å². The van der Waals surface area contributed by atoms with Gasteiger partial charge in [-0.2, -0.15) is 0 Å². The van der Waals surface area contributed by atoms with Crippen LogP contribution in [0.15, 0.2) is 42.5 Å². The summed E-state index contributed by atoms with van der Waals surface area (Å²) in [6.07, 6.45) is 0. The van der Waals surface area contributed by atoms with Crippen molar-refractivity contribution >= 4 is 40.9 Å². The Morgan fingerprint density at radius 3 is 2.60 bits per heavy atom. The topological polar surface area (TPSA) is 38.3 Å². The molecule has 2 rings (SSSR count). The molecular weight excluding hydrogens is 377 g/mol. The maximum absolute atomic E-state index is 12.1. The zero-order valence-corrected chi connectivity index (χ0v) is 16.4. The summed E-state index contributed by atoms with van der Waals surface area (Å²) in [6.45, 7) is 3.70. The van der Waals surface area contributed by atoms with Crippen molar-refractivity contribution in [1.82, 2.24) is 5.32 Å². The molecule has 0 aliphatic carbocycles. The number of thioether (sulfide) groups is 1. The van der Waals surface area contributed by atoms with Crippen molar-refractivity contribution < 1.29 is 9.53 Å². The molecule has 25 heavy (non-hydrogen) atoms. The molecule has 0 heterocycles. The minimum absolute atomic E-state index is 0.00120. The summed E-state index contributed by atoms with van der Waals surface area (Å²) >= 11 is 13.5. The van der Waals surface area contributed by atoms with Gasteiger partial charge in [-0.15, -0.1) is 11.8 Å². The quantitative estimate of drug-likeness (QED) is 0.640. The van der Waals surface area contributed by atoms with Crippen molar-refractivity contribution in [3.05, 3.63) is 69.2 Å². The molecule has 0 aromatic heterocycles. The van der Waals surface area contributed by atoms with Gasteiger partial charge in [-0.3, -0.25) is 4.79 Å². The van der Waals surface area contributed by atoms with Crippen LogP contribution in [0.2, 0.25) is 10.0 Å². The molecule has 3 nitrogen and oxygen atoms in total. The molecule has 0 aliphatic rings. The Hall–Kier alpha value is -1.20. The van der Waals surface area contributed by atoms with Crippen LogP contribution in [-0.4, -0.2) is 18.3 Å². The molecule has 6 heteroatoms. The Bertz CT molecular complexity index is 710. The number of ether oxygens (including phenoxy) is 1. The Balaban J connectivity index is 1.77. The third-order valence-corrected chi connectivity index (χ3v) is 5.13. The van der Waals surface area contributed by atoms with E-state index in [2.05, 4.69) is 5.32 Å². The van der Waals surface area contributed by atoms with E-state index in [9.17, 15) is 4.79 Å². The number of rotatable bonds is 9. The molecule has 0 fully saturated rings. The van der Waals surface area contributed by atoms with Gasteiger partial charge in [-0.05, 0) is 35.7 Å². The summed E-state index contributed by atoms with van der Waals surface area (Å²) in [5.74, 6) is 1.05. The highest BCUT2D eigenvalue weighted by atomic mass is 35.5. The second-order valence-electron chi connectivity index (χ2n) is 5.41. The highest BCUT2D eigenvalue weighted by Crippen LogP contribution is 2.24. The molecule has 134 valence electrons.